The molecule has 0 atom stereocenters. The lowest BCUT2D eigenvalue weighted by Gasteiger charge is -1.95. The largest absolute Gasteiger partial charge is 0.380 e. The van der Waals surface area contributed by atoms with E-state index in [-0.39, 0.29) is 5.82 Å². The first-order valence-electron chi connectivity index (χ1n) is 3.70. The highest BCUT2D eigenvalue weighted by molar-refractivity contribution is 9.10. The van der Waals surface area contributed by atoms with Crippen LogP contribution in [-0.2, 0) is 0 Å². The zero-order valence-electron chi connectivity index (χ0n) is 6.87. The van der Waals surface area contributed by atoms with Gasteiger partial charge in [-0.05, 0) is 22.0 Å². The molecular formula is C8H5BrFN3O. The van der Waals surface area contributed by atoms with E-state index in [2.05, 4.69) is 26.1 Å². The number of halogens is 2. The summed E-state index contributed by atoms with van der Waals surface area (Å²) in [5.74, 6) is 0.156. The predicted molar refractivity (Wildman–Crippen MR) is 51.8 cm³/mol. The molecule has 4 nitrogen and oxygen atoms in total. The minimum absolute atomic E-state index is 0.226. The summed E-state index contributed by atoms with van der Waals surface area (Å²) >= 11 is 3.18. The molecule has 0 spiro atoms. The lowest BCUT2D eigenvalue weighted by atomic mass is 10.2. The van der Waals surface area contributed by atoms with Crippen molar-refractivity contribution in [1.29, 1.82) is 0 Å². The third kappa shape index (κ3) is 1.48. The third-order valence-electron chi connectivity index (χ3n) is 1.63. The Labute approximate surface area is 87.0 Å². The van der Waals surface area contributed by atoms with E-state index in [4.69, 9.17) is 10.3 Å². The van der Waals surface area contributed by atoms with Crippen LogP contribution < -0.4 is 5.73 Å². The second-order valence-corrected chi connectivity index (χ2v) is 3.40. The molecule has 2 N–H and O–H groups in total. The number of nitrogens with zero attached hydrogens (tertiary/aromatic N) is 2. The molecule has 0 amide bonds. The summed E-state index contributed by atoms with van der Waals surface area (Å²) in [6, 6.07) is 1.29. The van der Waals surface area contributed by atoms with Crippen LogP contribution in [0.2, 0.25) is 0 Å². The average molecular weight is 258 g/mol. The number of anilines is 1. The molecule has 0 fully saturated rings. The first-order valence-corrected chi connectivity index (χ1v) is 4.49. The Morgan fingerprint density at radius 3 is 2.79 bits per heavy atom. The Bertz CT molecular complexity index is 471. The van der Waals surface area contributed by atoms with Gasteiger partial charge in [0, 0.05) is 11.8 Å². The van der Waals surface area contributed by atoms with Crippen molar-refractivity contribution in [3.8, 4) is 11.3 Å². The van der Waals surface area contributed by atoms with Crippen molar-refractivity contribution in [1.82, 2.24) is 10.1 Å². The van der Waals surface area contributed by atoms with Crippen LogP contribution in [0.15, 0.2) is 27.5 Å². The van der Waals surface area contributed by atoms with Crippen LogP contribution in [0.25, 0.3) is 11.3 Å². The molecule has 0 aliphatic carbocycles. The summed E-state index contributed by atoms with van der Waals surface area (Å²) < 4.78 is 18.2. The lowest BCUT2D eigenvalue weighted by molar-refractivity contribution is 0.435. The van der Waals surface area contributed by atoms with Crippen LogP contribution in [-0.4, -0.2) is 10.1 Å². The molecular weight excluding hydrogens is 253 g/mol. The summed E-state index contributed by atoms with van der Waals surface area (Å²) in [4.78, 5) is 3.69. The van der Waals surface area contributed by atoms with Gasteiger partial charge in [0.05, 0.1) is 6.20 Å². The van der Waals surface area contributed by atoms with E-state index < -0.39 is 5.82 Å². The molecule has 0 saturated carbocycles. The zero-order valence-corrected chi connectivity index (χ0v) is 8.45. The van der Waals surface area contributed by atoms with Gasteiger partial charge in [0.25, 0.3) is 0 Å². The fraction of sp³-hybridized carbons (Fsp3) is 0. The third-order valence-corrected chi connectivity index (χ3v) is 2.39. The van der Waals surface area contributed by atoms with Crippen LogP contribution in [0, 0.1) is 5.82 Å². The molecule has 6 heteroatoms. The summed E-state index contributed by atoms with van der Waals surface area (Å²) in [5.41, 5.74) is 5.94. The van der Waals surface area contributed by atoms with Crippen molar-refractivity contribution >= 4 is 21.7 Å². The first-order chi connectivity index (χ1) is 6.68. The number of nitrogen functional groups attached to an aromatic ring is 1. The lowest BCUT2D eigenvalue weighted by Crippen LogP contribution is -1.84. The van der Waals surface area contributed by atoms with E-state index >= 15 is 0 Å². The van der Waals surface area contributed by atoms with Gasteiger partial charge in [0.2, 0.25) is 0 Å². The Kier molecular flexibility index (Phi) is 2.20. The van der Waals surface area contributed by atoms with Crippen molar-refractivity contribution in [2.24, 2.45) is 0 Å². The monoisotopic (exact) mass is 257 g/mol. The van der Waals surface area contributed by atoms with E-state index in [9.17, 15) is 4.39 Å². The maximum absolute atomic E-state index is 12.8. The fourth-order valence-electron chi connectivity index (χ4n) is 1.01. The van der Waals surface area contributed by atoms with Crippen molar-refractivity contribution in [3.05, 3.63) is 28.7 Å². The Balaban J connectivity index is 2.55. The van der Waals surface area contributed by atoms with Gasteiger partial charge in [0.15, 0.2) is 11.6 Å². The molecule has 0 aromatic carbocycles. The molecule has 0 aliphatic heterocycles. The number of rotatable bonds is 1. The molecule has 14 heavy (non-hydrogen) atoms. The smallest absolute Gasteiger partial charge is 0.184 e. The molecule has 0 bridgehead atoms. The minimum atomic E-state index is -0.440. The highest BCUT2D eigenvalue weighted by atomic mass is 79.9. The van der Waals surface area contributed by atoms with Crippen LogP contribution in [0.4, 0.5) is 10.2 Å². The van der Waals surface area contributed by atoms with Gasteiger partial charge >= 0.3 is 0 Å². The molecule has 0 aliphatic rings. The fourth-order valence-corrected chi connectivity index (χ4v) is 1.38. The number of pyridine rings is 1. The van der Waals surface area contributed by atoms with Crippen LogP contribution in [0.3, 0.4) is 0 Å². The highest BCUT2D eigenvalue weighted by Gasteiger charge is 2.13. The Morgan fingerprint density at radius 2 is 2.21 bits per heavy atom. The molecule has 2 aromatic rings. The summed E-state index contributed by atoms with van der Waals surface area (Å²) in [6.45, 7) is 0. The van der Waals surface area contributed by atoms with Crippen LogP contribution >= 0.6 is 15.9 Å². The van der Waals surface area contributed by atoms with Crippen LogP contribution in [0.1, 0.15) is 0 Å². The van der Waals surface area contributed by atoms with Crippen molar-refractivity contribution in [2.45, 2.75) is 0 Å². The molecule has 72 valence electrons. The maximum atomic E-state index is 12.8. The standard InChI is InChI=1S/C8H5BrFN3O/c9-6-7(14-13-8(6)11)4-1-5(10)3-12-2-4/h1-3H,(H2,11,13). The molecule has 2 heterocycles. The number of nitrogens with two attached hydrogens (primary N) is 1. The summed E-state index contributed by atoms with van der Waals surface area (Å²) in [6.07, 6.45) is 2.57. The number of aromatic nitrogens is 2. The Hall–Kier alpha value is -1.43. The van der Waals surface area contributed by atoms with Crippen molar-refractivity contribution in [2.75, 3.05) is 5.73 Å². The van der Waals surface area contributed by atoms with Crippen molar-refractivity contribution < 1.29 is 8.91 Å². The zero-order chi connectivity index (χ0) is 10.1. The SMILES string of the molecule is Nc1noc(-c2cncc(F)c2)c1Br. The maximum Gasteiger partial charge on any atom is 0.184 e. The van der Waals surface area contributed by atoms with E-state index in [0.29, 0.717) is 15.8 Å². The number of hydrogen-bond donors (Lipinski definition) is 1. The van der Waals surface area contributed by atoms with E-state index in [1.165, 1.54) is 12.3 Å². The highest BCUT2D eigenvalue weighted by Crippen LogP contribution is 2.31. The average Bonchev–Trinajstić information content (AvgIpc) is 2.48. The predicted octanol–water partition coefficient (Wildman–Crippen LogP) is 2.22. The normalized spacial score (nSPS) is 10.4. The minimum Gasteiger partial charge on any atom is -0.380 e. The molecule has 2 aromatic heterocycles. The van der Waals surface area contributed by atoms with Gasteiger partial charge in [0.1, 0.15) is 10.3 Å². The number of hydrogen-bond acceptors (Lipinski definition) is 4. The van der Waals surface area contributed by atoms with Gasteiger partial charge < -0.3 is 10.3 Å². The summed E-state index contributed by atoms with van der Waals surface area (Å²) in [5, 5.41) is 3.53. The van der Waals surface area contributed by atoms with Crippen molar-refractivity contribution in [3.63, 3.8) is 0 Å². The molecule has 0 radical (unpaired) electrons. The quantitative estimate of drug-likeness (QED) is 0.851. The van der Waals surface area contributed by atoms with Gasteiger partial charge in [-0.15, -0.1) is 0 Å². The van der Waals surface area contributed by atoms with Gasteiger partial charge in [-0.25, -0.2) is 4.39 Å². The summed E-state index contributed by atoms with van der Waals surface area (Å²) in [7, 11) is 0. The van der Waals surface area contributed by atoms with E-state index in [0.717, 1.165) is 6.20 Å². The second kappa shape index (κ2) is 3.38. The second-order valence-electron chi connectivity index (χ2n) is 2.60. The topological polar surface area (TPSA) is 64.9 Å². The molecule has 2 rings (SSSR count). The van der Waals surface area contributed by atoms with Gasteiger partial charge in [-0.2, -0.15) is 0 Å². The van der Waals surface area contributed by atoms with E-state index in [1.807, 2.05) is 0 Å². The van der Waals surface area contributed by atoms with E-state index in [1.54, 1.807) is 0 Å². The van der Waals surface area contributed by atoms with Gasteiger partial charge in [-0.1, -0.05) is 5.16 Å². The Morgan fingerprint density at radius 1 is 1.43 bits per heavy atom. The first kappa shape index (κ1) is 9.14. The van der Waals surface area contributed by atoms with Crippen LogP contribution in [0.5, 0.6) is 0 Å². The molecule has 0 saturated heterocycles. The van der Waals surface area contributed by atoms with Gasteiger partial charge in [-0.3, -0.25) is 4.98 Å². The molecule has 0 unspecified atom stereocenters.